The van der Waals surface area contributed by atoms with Crippen molar-refractivity contribution in [2.24, 2.45) is 0 Å². The summed E-state index contributed by atoms with van der Waals surface area (Å²) in [7, 11) is 0. The molecule has 0 bridgehead atoms. The minimum absolute atomic E-state index is 0.0235. The summed E-state index contributed by atoms with van der Waals surface area (Å²) < 4.78 is 1.81. The highest BCUT2D eigenvalue weighted by Gasteiger charge is 2.09. The number of carbonyl (C=O) groups is 1. The number of hydrogen-bond donors (Lipinski definition) is 1. The van der Waals surface area contributed by atoms with Crippen LogP contribution in [0.25, 0.3) is 0 Å². The van der Waals surface area contributed by atoms with Crippen molar-refractivity contribution in [2.75, 3.05) is 12.0 Å². The van der Waals surface area contributed by atoms with Crippen molar-refractivity contribution < 1.29 is 4.79 Å². The molecule has 0 saturated carbocycles. The molecular weight excluding hydrogens is 286 g/mol. The van der Waals surface area contributed by atoms with E-state index in [0.717, 1.165) is 13.6 Å². The van der Waals surface area contributed by atoms with Crippen molar-refractivity contribution in [3.05, 3.63) is 23.8 Å². The number of anilines is 1. The predicted molar refractivity (Wildman–Crippen MR) is 76.7 cm³/mol. The van der Waals surface area contributed by atoms with E-state index in [0.29, 0.717) is 11.3 Å². The predicted octanol–water partition coefficient (Wildman–Crippen LogP) is 3.20. The average molecular weight is 297 g/mol. The summed E-state index contributed by atoms with van der Waals surface area (Å²) in [5.74, 6) is -0.0235. The molecule has 1 aromatic carbocycles. The zero-order valence-electron chi connectivity index (χ0n) is 9.84. The first-order chi connectivity index (χ1) is 8.60. The average Bonchev–Trinajstić information content (AvgIpc) is 2.76. The van der Waals surface area contributed by atoms with Crippen LogP contribution in [0.2, 0.25) is 0 Å². The highest BCUT2D eigenvalue weighted by Crippen LogP contribution is 2.34. The SMILES string of the molecule is CSc1nnc(Sc2ccc(C(C)=O)c(N)c2)s1. The molecule has 2 N–H and O–H groups in total. The molecule has 0 radical (unpaired) electrons. The van der Waals surface area contributed by atoms with Crippen molar-refractivity contribution in [1.82, 2.24) is 10.2 Å². The third-order valence-corrected chi connectivity index (χ3v) is 5.11. The van der Waals surface area contributed by atoms with Crippen molar-refractivity contribution in [1.29, 1.82) is 0 Å². The number of carbonyl (C=O) groups excluding carboxylic acids is 1. The Kier molecular flexibility index (Phi) is 4.26. The van der Waals surface area contributed by atoms with Crippen LogP contribution in [0.1, 0.15) is 17.3 Å². The lowest BCUT2D eigenvalue weighted by molar-refractivity contribution is 0.101. The molecule has 94 valence electrons. The Morgan fingerprint density at radius 3 is 2.61 bits per heavy atom. The van der Waals surface area contributed by atoms with Crippen molar-refractivity contribution in [3.63, 3.8) is 0 Å². The van der Waals surface area contributed by atoms with Crippen LogP contribution in [0.5, 0.6) is 0 Å². The van der Waals surface area contributed by atoms with Gasteiger partial charge in [-0.2, -0.15) is 0 Å². The molecule has 0 saturated heterocycles. The quantitative estimate of drug-likeness (QED) is 0.531. The number of Topliss-reactive ketones (excluding diaryl/α,β-unsaturated/α-hetero) is 1. The summed E-state index contributed by atoms with van der Waals surface area (Å²) in [6.45, 7) is 1.51. The fourth-order valence-corrected chi connectivity index (χ4v) is 3.81. The van der Waals surface area contributed by atoms with Gasteiger partial charge in [-0.05, 0) is 31.4 Å². The molecule has 1 aromatic heterocycles. The number of nitrogen functional groups attached to an aromatic ring is 1. The lowest BCUT2D eigenvalue weighted by Crippen LogP contribution is -1.99. The summed E-state index contributed by atoms with van der Waals surface area (Å²) in [6, 6.07) is 5.41. The smallest absolute Gasteiger partial charge is 0.179 e. The summed E-state index contributed by atoms with van der Waals surface area (Å²) in [4.78, 5) is 12.2. The van der Waals surface area contributed by atoms with Crippen molar-refractivity contribution in [3.8, 4) is 0 Å². The van der Waals surface area contributed by atoms with Gasteiger partial charge in [0.2, 0.25) is 0 Å². The van der Waals surface area contributed by atoms with Crippen LogP contribution in [0.3, 0.4) is 0 Å². The Morgan fingerprint density at radius 2 is 2.06 bits per heavy atom. The molecule has 7 heteroatoms. The molecule has 0 aliphatic carbocycles. The number of ketones is 1. The largest absolute Gasteiger partial charge is 0.398 e. The summed E-state index contributed by atoms with van der Waals surface area (Å²) >= 11 is 4.61. The number of aromatic nitrogens is 2. The van der Waals surface area contributed by atoms with E-state index in [4.69, 9.17) is 5.73 Å². The van der Waals surface area contributed by atoms with Crippen molar-refractivity contribution in [2.45, 2.75) is 20.5 Å². The van der Waals surface area contributed by atoms with Crippen LogP contribution in [0.15, 0.2) is 31.8 Å². The normalized spacial score (nSPS) is 10.6. The van der Waals surface area contributed by atoms with Gasteiger partial charge in [0.1, 0.15) is 0 Å². The second kappa shape index (κ2) is 5.73. The first-order valence-corrected chi connectivity index (χ1v) is 7.91. The maximum absolute atomic E-state index is 11.3. The first-order valence-electron chi connectivity index (χ1n) is 5.06. The molecule has 0 amide bonds. The number of thioether (sulfide) groups is 1. The molecule has 4 nitrogen and oxygen atoms in total. The Morgan fingerprint density at radius 1 is 1.33 bits per heavy atom. The van der Waals surface area contributed by atoms with E-state index in [1.807, 2.05) is 12.3 Å². The van der Waals surface area contributed by atoms with E-state index < -0.39 is 0 Å². The Hall–Kier alpha value is -1.05. The molecule has 2 aromatic rings. The summed E-state index contributed by atoms with van der Waals surface area (Å²) in [5, 5.41) is 8.10. The van der Waals surface area contributed by atoms with Gasteiger partial charge in [-0.15, -0.1) is 10.2 Å². The lowest BCUT2D eigenvalue weighted by atomic mass is 10.1. The Labute approximate surface area is 117 Å². The minimum atomic E-state index is -0.0235. The molecule has 2 rings (SSSR count). The monoisotopic (exact) mass is 297 g/mol. The van der Waals surface area contributed by atoms with Crippen molar-refractivity contribution >= 4 is 46.3 Å². The molecule has 0 atom stereocenters. The topological polar surface area (TPSA) is 68.9 Å². The Balaban J connectivity index is 2.19. The van der Waals surface area contributed by atoms with Gasteiger partial charge in [-0.25, -0.2) is 0 Å². The molecule has 0 fully saturated rings. The summed E-state index contributed by atoms with van der Waals surface area (Å²) in [6.07, 6.45) is 1.97. The van der Waals surface area contributed by atoms with E-state index in [1.54, 1.807) is 35.2 Å². The zero-order chi connectivity index (χ0) is 13.1. The number of nitrogens with zero attached hydrogens (tertiary/aromatic N) is 2. The number of hydrogen-bond acceptors (Lipinski definition) is 7. The van der Waals surface area contributed by atoms with Gasteiger partial charge in [0.15, 0.2) is 14.5 Å². The fourth-order valence-electron chi connectivity index (χ4n) is 1.35. The second-order valence-corrected chi connectivity index (χ2v) is 6.80. The molecule has 0 spiro atoms. The van der Waals surface area contributed by atoms with E-state index in [1.165, 1.54) is 18.7 Å². The number of nitrogens with two attached hydrogens (primary N) is 1. The molecular formula is C11H11N3OS3. The van der Waals surface area contributed by atoms with E-state index >= 15 is 0 Å². The van der Waals surface area contributed by atoms with E-state index in [-0.39, 0.29) is 5.78 Å². The third kappa shape index (κ3) is 3.04. The highest BCUT2D eigenvalue weighted by molar-refractivity contribution is 8.03. The molecule has 0 aliphatic rings. The standard InChI is InChI=1S/C11H11N3OS3/c1-6(15)8-4-3-7(5-9(8)12)17-11-14-13-10(16-2)18-11/h3-5H,12H2,1-2H3. The highest BCUT2D eigenvalue weighted by atomic mass is 32.2. The fraction of sp³-hybridized carbons (Fsp3) is 0.182. The maximum atomic E-state index is 11.3. The molecule has 1 heterocycles. The molecule has 0 unspecified atom stereocenters. The third-order valence-electron chi connectivity index (χ3n) is 2.17. The lowest BCUT2D eigenvalue weighted by Gasteiger charge is -2.03. The van der Waals surface area contributed by atoms with Gasteiger partial charge in [-0.3, -0.25) is 4.79 Å². The van der Waals surface area contributed by atoms with E-state index in [2.05, 4.69) is 10.2 Å². The van der Waals surface area contributed by atoms with Crippen LogP contribution in [0, 0.1) is 0 Å². The van der Waals surface area contributed by atoms with Gasteiger partial charge in [0.25, 0.3) is 0 Å². The Bertz CT molecular complexity index is 583. The van der Waals surface area contributed by atoms with E-state index in [9.17, 15) is 4.79 Å². The van der Waals surface area contributed by atoms with Crippen LogP contribution in [-0.4, -0.2) is 22.2 Å². The number of benzene rings is 1. The van der Waals surface area contributed by atoms with Crippen LogP contribution in [-0.2, 0) is 0 Å². The minimum Gasteiger partial charge on any atom is -0.398 e. The second-order valence-electron chi connectivity index (χ2n) is 3.45. The summed E-state index contributed by atoms with van der Waals surface area (Å²) in [5.41, 5.74) is 6.90. The zero-order valence-corrected chi connectivity index (χ0v) is 12.3. The maximum Gasteiger partial charge on any atom is 0.179 e. The van der Waals surface area contributed by atoms with Gasteiger partial charge < -0.3 is 5.73 Å². The van der Waals surface area contributed by atoms with Gasteiger partial charge in [-0.1, -0.05) is 34.9 Å². The van der Waals surface area contributed by atoms with Crippen LogP contribution < -0.4 is 5.73 Å². The van der Waals surface area contributed by atoms with Gasteiger partial charge >= 0.3 is 0 Å². The van der Waals surface area contributed by atoms with Crippen LogP contribution >= 0.6 is 34.9 Å². The first kappa shape index (κ1) is 13.4. The van der Waals surface area contributed by atoms with Gasteiger partial charge in [0.05, 0.1) is 0 Å². The van der Waals surface area contributed by atoms with Gasteiger partial charge in [0, 0.05) is 16.1 Å². The molecule has 18 heavy (non-hydrogen) atoms. The number of rotatable bonds is 4. The van der Waals surface area contributed by atoms with Crippen LogP contribution in [0.4, 0.5) is 5.69 Å². The molecule has 0 aliphatic heterocycles.